The molecular formula is C13H13N2O4+. The van der Waals surface area contributed by atoms with Crippen LogP contribution in [0.1, 0.15) is 34.1 Å². The summed E-state index contributed by atoms with van der Waals surface area (Å²) in [5, 5.41) is 3.67. The maximum Gasteiger partial charge on any atom is 0.445 e. The van der Waals surface area contributed by atoms with Gasteiger partial charge >= 0.3 is 17.8 Å². The lowest BCUT2D eigenvalue weighted by Gasteiger charge is -2.07. The van der Waals surface area contributed by atoms with Gasteiger partial charge in [-0.2, -0.15) is 0 Å². The van der Waals surface area contributed by atoms with Crippen molar-refractivity contribution in [3.63, 3.8) is 0 Å². The van der Waals surface area contributed by atoms with Crippen molar-refractivity contribution in [2.24, 2.45) is 5.11 Å². The highest BCUT2D eigenvalue weighted by atomic mass is 16.5. The van der Waals surface area contributed by atoms with E-state index in [4.69, 9.17) is 4.74 Å². The van der Waals surface area contributed by atoms with Gasteiger partial charge in [-0.1, -0.05) is 12.1 Å². The molecule has 1 aliphatic rings. The topological polar surface area (TPSA) is 75.8 Å². The number of ether oxygens (including phenoxy) is 1. The van der Waals surface area contributed by atoms with Crippen LogP contribution in [-0.2, 0) is 9.53 Å². The van der Waals surface area contributed by atoms with Crippen LogP contribution in [0.2, 0.25) is 0 Å². The molecule has 0 N–H and O–H groups in total. The van der Waals surface area contributed by atoms with Crippen LogP contribution >= 0.6 is 0 Å². The monoisotopic (exact) mass is 261 g/mol. The largest absolute Gasteiger partial charge is 0.466 e. The normalized spacial score (nSPS) is 13.8. The number of carbonyl (C=O) groups is 3. The second-order valence-electron chi connectivity index (χ2n) is 3.93. The third kappa shape index (κ3) is 2.73. The van der Waals surface area contributed by atoms with Gasteiger partial charge in [0.1, 0.15) is 12.0 Å². The zero-order valence-electron chi connectivity index (χ0n) is 10.5. The Labute approximate surface area is 109 Å². The number of esters is 1. The Hall–Kier alpha value is -2.37. The zero-order valence-corrected chi connectivity index (χ0v) is 10.5. The van der Waals surface area contributed by atoms with Gasteiger partial charge in [0.05, 0.1) is 12.2 Å². The summed E-state index contributed by atoms with van der Waals surface area (Å²) in [6.07, 6.45) is 0.0124. The standard InChI is InChI=1S/C13H13N2O4/c1-2-19-11(16)7-8-15-13(18)10-6-4-3-5-9(10)12(17)14-15/h3-6H,2,7-8H2,1H3/q+1. The summed E-state index contributed by atoms with van der Waals surface area (Å²) in [5.74, 6) is -1.27. The van der Waals surface area contributed by atoms with Gasteiger partial charge < -0.3 is 4.74 Å². The number of hydrogen-bond acceptors (Lipinski definition) is 4. The van der Waals surface area contributed by atoms with E-state index in [1.807, 2.05) is 0 Å². The van der Waals surface area contributed by atoms with Gasteiger partial charge in [0.15, 0.2) is 6.54 Å². The minimum atomic E-state index is -0.473. The Morgan fingerprint density at radius 2 is 1.95 bits per heavy atom. The fourth-order valence-electron chi connectivity index (χ4n) is 1.79. The van der Waals surface area contributed by atoms with E-state index < -0.39 is 11.9 Å². The molecular weight excluding hydrogens is 248 g/mol. The number of benzene rings is 1. The summed E-state index contributed by atoms with van der Waals surface area (Å²) in [5.41, 5.74) is 0.603. The molecule has 6 nitrogen and oxygen atoms in total. The summed E-state index contributed by atoms with van der Waals surface area (Å²) in [7, 11) is 0. The maximum atomic E-state index is 12.1. The predicted molar refractivity (Wildman–Crippen MR) is 63.9 cm³/mol. The number of amides is 2. The van der Waals surface area contributed by atoms with E-state index in [1.54, 1.807) is 31.2 Å². The molecule has 0 fully saturated rings. The Bertz CT molecular complexity index is 578. The van der Waals surface area contributed by atoms with E-state index in [9.17, 15) is 14.4 Å². The fourth-order valence-corrected chi connectivity index (χ4v) is 1.79. The first-order chi connectivity index (χ1) is 9.13. The molecule has 0 spiro atoms. The minimum absolute atomic E-state index is 0.0124. The summed E-state index contributed by atoms with van der Waals surface area (Å²) in [6, 6.07) is 6.48. The van der Waals surface area contributed by atoms with Gasteiger partial charge in [0, 0.05) is 5.11 Å². The van der Waals surface area contributed by atoms with Crippen LogP contribution < -0.4 is 0 Å². The smallest absolute Gasteiger partial charge is 0.445 e. The summed E-state index contributed by atoms with van der Waals surface area (Å²) >= 11 is 0. The van der Waals surface area contributed by atoms with Gasteiger partial charge in [-0.3, -0.25) is 9.59 Å². The van der Waals surface area contributed by atoms with Crippen molar-refractivity contribution >= 4 is 17.8 Å². The highest BCUT2D eigenvalue weighted by Crippen LogP contribution is 2.16. The van der Waals surface area contributed by atoms with Crippen molar-refractivity contribution < 1.29 is 23.8 Å². The zero-order chi connectivity index (χ0) is 13.8. The molecule has 98 valence electrons. The Balaban J connectivity index is 2.14. The van der Waals surface area contributed by atoms with Gasteiger partial charge in [0.25, 0.3) is 0 Å². The first kappa shape index (κ1) is 13.1. The summed E-state index contributed by atoms with van der Waals surface area (Å²) in [6.45, 7) is 2.03. The molecule has 6 heteroatoms. The van der Waals surface area contributed by atoms with E-state index in [0.717, 1.165) is 4.70 Å². The highest BCUT2D eigenvalue weighted by Gasteiger charge is 2.34. The van der Waals surface area contributed by atoms with Crippen molar-refractivity contribution in [1.29, 1.82) is 0 Å². The molecule has 0 bridgehead atoms. The van der Waals surface area contributed by atoms with Crippen molar-refractivity contribution in [3.05, 3.63) is 35.4 Å². The number of hydrogen-bond donors (Lipinski definition) is 0. The molecule has 2 amide bonds. The van der Waals surface area contributed by atoms with Crippen LogP contribution in [0.3, 0.4) is 0 Å². The molecule has 1 aromatic carbocycles. The first-order valence-electron chi connectivity index (χ1n) is 5.96. The van der Waals surface area contributed by atoms with E-state index in [1.165, 1.54) is 0 Å². The summed E-state index contributed by atoms with van der Waals surface area (Å²) < 4.78 is 5.78. The predicted octanol–water partition coefficient (Wildman–Crippen LogP) is 1.40. The molecule has 0 aromatic heterocycles. The third-order valence-corrected chi connectivity index (χ3v) is 2.67. The Morgan fingerprint density at radius 1 is 1.26 bits per heavy atom. The lowest BCUT2D eigenvalue weighted by molar-refractivity contribution is -0.494. The average molecular weight is 261 g/mol. The first-order valence-corrected chi connectivity index (χ1v) is 5.96. The number of azo groups is 2. The molecule has 2 rings (SSSR count). The molecule has 1 heterocycles. The number of fused-ring (bicyclic) bond motifs is 1. The Kier molecular flexibility index (Phi) is 3.79. The number of nitrogens with zero attached hydrogens (tertiary/aromatic N) is 2. The van der Waals surface area contributed by atoms with Crippen LogP contribution in [0.4, 0.5) is 0 Å². The molecule has 19 heavy (non-hydrogen) atoms. The van der Waals surface area contributed by atoms with Gasteiger partial charge in [-0.15, -0.1) is 0 Å². The molecule has 0 atom stereocenters. The fraction of sp³-hybridized carbons (Fsp3) is 0.308. The third-order valence-electron chi connectivity index (χ3n) is 2.67. The van der Waals surface area contributed by atoms with Gasteiger partial charge in [-0.25, -0.2) is 4.79 Å². The Morgan fingerprint density at radius 3 is 2.63 bits per heavy atom. The lowest BCUT2D eigenvalue weighted by Crippen LogP contribution is -2.29. The number of rotatable bonds is 4. The van der Waals surface area contributed by atoms with Crippen molar-refractivity contribution in [2.75, 3.05) is 13.2 Å². The van der Waals surface area contributed by atoms with Crippen molar-refractivity contribution in [1.82, 2.24) is 0 Å². The van der Waals surface area contributed by atoms with Crippen LogP contribution in [0.15, 0.2) is 29.4 Å². The molecule has 0 saturated carbocycles. The lowest BCUT2D eigenvalue weighted by atomic mass is 10.1. The van der Waals surface area contributed by atoms with Gasteiger partial charge in [-0.05, 0) is 23.8 Å². The van der Waals surface area contributed by atoms with Crippen LogP contribution in [0.25, 0.3) is 0 Å². The van der Waals surface area contributed by atoms with E-state index >= 15 is 0 Å². The second kappa shape index (κ2) is 5.51. The van der Waals surface area contributed by atoms with E-state index in [-0.39, 0.29) is 25.5 Å². The van der Waals surface area contributed by atoms with E-state index in [0.29, 0.717) is 11.1 Å². The second-order valence-corrected chi connectivity index (χ2v) is 3.93. The number of carbonyl (C=O) groups excluding carboxylic acids is 3. The molecule has 1 aliphatic heterocycles. The van der Waals surface area contributed by atoms with Gasteiger partial charge in [0.2, 0.25) is 0 Å². The van der Waals surface area contributed by atoms with Crippen molar-refractivity contribution in [2.45, 2.75) is 13.3 Å². The summed E-state index contributed by atoms with van der Waals surface area (Å²) in [4.78, 5) is 35.0. The van der Waals surface area contributed by atoms with Crippen LogP contribution in [0, 0.1) is 0 Å². The quantitative estimate of drug-likeness (QED) is 0.606. The van der Waals surface area contributed by atoms with Crippen LogP contribution in [0.5, 0.6) is 0 Å². The minimum Gasteiger partial charge on any atom is -0.466 e. The SMILES string of the molecule is CCOC(=O)CC[N+]1=NC(=O)c2ccccc2C1=O. The van der Waals surface area contributed by atoms with Crippen LogP contribution in [-0.4, -0.2) is 35.6 Å². The molecule has 0 radical (unpaired) electrons. The molecule has 1 aromatic rings. The maximum absolute atomic E-state index is 12.1. The highest BCUT2D eigenvalue weighted by molar-refractivity contribution is 6.06. The van der Waals surface area contributed by atoms with Crippen molar-refractivity contribution in [3.8, 4) is 0 Å². The molecule has 0 aliphatic carbocycles. The average Bonchev–Trinajstić information content (AvgIpc) is 2.42. The molecule has 0 saturated heterocycles. The van der Waals surface area contributed by atoms with E-state index in [2.05, 4.69) is 5.11 Å². The molecule has 0 unspecified atom stereocenters.